The van der Waals surface area contributed by atoms with Crippen molar-refractivity contribution in [3.8, 4) is 6.07 Å². The molecule has 0 atom stereocenters. The third-order valence-corrected chi connectivity index (χ3v) is 4.54. The Balaban J connectivity index is 2.04. The molecule has 0 saturated carbocycles. The molecule has 4 nitrogen and oxygen atoms in total. The van der Waals surface area contributed by atoms with Gasteiger partial charge in [-0.2, -0.15) is 5.26 Å². The molecule has 1 aliphatic heterocycles. The summed E-state index contributed by atoms with van der Waals surface area (Å²) in [6.45, 7) is 6.36. The third kappa shape index (κ3) is 3.49. The van der Waals surface area contributed by atoms with Crippen molar-refractivity contribution in [2.75, 3.05) is 26.2 Å². The largest absolute Gasteiger partial charge is 0.336 e. The highest BCUT2D eigenvalue weighted by Crippen LogP contribution is 2.24. The van der Waals surface area contributed by atoms with E-state index in [-0.39, 0.29) is 5.91 Å². The van der Waals surface area contributed by atoms with Crippen LogP contribution in [0.1, 0.15) is 24.2 Å². The highest BCUT2D eigenvalue weighted by molar-refractivity contribution is 6.42. The molecule has 0 unspecified atom stereocenters. The number of nitriles is 1. The Bertz CT molecular complexity index is 587. The van der Waals surface area contributed by atoms with Crippen LogP contribution in [0.25, 0.3) is 0 Å². The normalized spacial score (nSPS) is 16.6. The molecule has 0 aromatic heterocycles. The third-order valence-electron chi connectivity index (χ3n) is 3.80. The molecule has 112 valence electrons. The van der Waals surface area contributed by atoms with Crippen LogP contribution in [0, 0.1) is 11.3 Å². The Morgan fingerprint density at radius 2 is 1.81 bits per heavy atom. The Kier molecular flexibility index (Phi) is 4.77. The van der Waals surface area contributed by atoms with Crippen LogP contribution in [0.2, 0.25) is 10.0 Å². The fraction of sp³-hybridized carbons (Fsp3) is 0.467. The Labute approximate surface area is 134 Å². The molecule has 0 bridgehead atoms. The Hall–Kier alpha value is -1.28. The van der Waals surface area contributed by atoms with Crippen LogP contribution in [-0.4, -0.2) is 47.4 Å². The first-order valence-corrected chi connectivity index (χ1v) is 7.51. The monoisotopic (exact) mass is 325 g/mol. The average Bonchev–Trinajstić information content (AvgIpc) is 2.49. The summed E-state index contributed by atoms with van der Waals surface area (Å²) in [6, 6.07) is 7.20. The number of carbonyl (C=O) groups excluding carboxylic acids is 1. The molecule has 6 heteroatoms. The molecule has 1 amide bonds. The number of halogens is 2. The molecule has 0 radical (unpaired) electrons. The summed E-state index contributed by atoms with van der Waals surface area (Å²) in [4.78, 5) is 16.3. The van der Waals surface area contributed by atoms with Crippen molar-refractivity contribution < 1.29 is 4.79 Å². The fourth-order valence-electron chi connectivity index (χ4n) is 2.35. The summed E-state index contributed by atoms with van der Waals surface area (Å²) >= 11 is 11.8. The predicted molar refractivity (Wildman–Crippen MR) is 83.6 cm³/mol. The maximum absolute atomic E-state index is 12.4. The molecule has 0 spiro atoms. The molecule has 0 aliphatic carbocycles. The second-order valence-corrected chi connectivity index (χ2v) is 6.39. The van der Waals surface area contributed by atoms with E-state index in [0.717, 1.165) is 0 Å². The van der Waals surface area contributed by atoms with Crippen molar-refractivity contribution in [3.63, 3.8) is 0 Å². The maximum atomic E-state index is 12.4. The molecule has 1 heterocycles. The number of carbonyl (C=O) groups is 1. The van der Waals surface area contributed by atoms with Crippen LogP contribution in [0.15, 0.2) is 18.2 Å². The number of benzene rings is 1. The van der Waals surface area contributed by atoms with Crippen LogP contribution < -0.4 is 0 Å². The minimum atomic E-state index is -0.501. The molecule has 1 fully saturated rings. The van der Waals surface area contributed by atoms with Crippen molar-refractivity contribution >= 4 is 29.1 Å². The molecule has 1 aromatic carbocycles. The second kappa shape index (κ2) is 6.23. The van der Waals surface area contributed by atoms with Gasteiger partial charge in [-0.25, -0.2) is 0 Å². The lowest BCUT2D eigenvalue weighted by molar-refractivity contribution is 0.0521. The van der Waals surface area contributed by atoms with Crippen molar-refractivity contribution in [3.05, 3.63) is 33.8 Å². The lowest BCUT2D eigenvalue weighted by atomic mass is 10.0. The lowest BCUT2D eigenvalue weighted by Gasteiger charge is -2.40. The molecule has 1 saturated heterocycles. The Morgan fingerprint density at radius 1 is 1.19 bits per heavy atom. The van der Waals surface area contributed by atoms with Gasteiger partial charge in [-0.3, -0.25) is 9.69 Å². The average molecular weight is 326 g/mol. The second-order valence-electron chi connectivity index (χ2n) is 5.58. The zero-order valence-corrected chi connectivity index (χ0v) is 13.6. The van der Waals surface area contributed by atoms with Crippen LogP contribution in [0.5, 0.6) is 0 Å². The van der Waals surface area contributed by atoms with E-state index in [9.17, 15) is 4.79 Å². The molecular formula is C15H17Cl2N3O. The van der Waals surface area contributed by atoms with E-state index < -0.39 is 5.54 Å². The number of hydrogen-bond acceptors (Lipinski definition) is 3. The van der Waals surface area contributed by atoms with E-state index in [1.54, 1.807) is 23.1 Å². The molecule has 21 heavy (non-hydrogen) atoms. The lowest BCUT2D eigenvalue weighted by Crippen LogP contribution is -2.55. The van der Waals surface area contributed by atoms with Crippen molar-refractivity contribution in [2.45, 2.75) is 19.4 Å². The topological polar surface area (TPSA) is 47.3 Å². The van der Waals surface area contributed by atoms with E-state index in [0.29, 0.717) is 41.8 Å². The van der Waals surface area contributed by atoms with Crippen molar-refractivity contribution in [1.82, 2.24) is 9.80 Å². The van der Waals surface area contributed by atoms with E-state index >= 15 is 0 Å². The Morgan fingerprint density at radius 3 is 2.33 bits per heavy atom. The predicted octanol–water partition coefficient (Wildman–Crippen LogP) is 3.05. The zero-order valence-electron chi connectivity index (χ0n) is 12.1. The highest BCUT2D eigenvalue weighted by Gasteiger charge is 2.31. The van der Waals surface area contributed by atoms with Gasteiger partial charge < -0.3 is 4.90 Å². The van der Waals surface area contributed by atoms with Gasteiger partial charge in [-0.05, 0) is 32.0 Å². The summed E-state index contributed by atoms with van der Waals surface area (Å²) in [5, 5.41) is 9.98. The molecule has 2 rings (SSSR count). The van der Waals surface area contributed by atoms with E-state index in [1.165, 1.54) is 0 Å². The van der Waals surface area contributed by atoms with Crippen LogP contribution in [-0.2, 0) is 0 Å². The summed E-state index contributed by atoms with van der Waals surface area (Å²) in [7, 11) is 0. The smallest absolute Gasteiger partial charge is 0.253 e. The molecular weight excluding hydrogens is 309 g/mol. The van der Waals surface area contributed by atoms with Gasteiger partial charge in [0.25, 0.3) is 5.91 Å². The summed E-state index contributed by atoms with van der Waals surface area (Å²) in [5.74, 6) is -0.0528. The number of amides is 1. The van der Waals surface area contributed by atoms with Gasteiger partial charge in [0, 0.05) is 31.7 Å². The van der Waals surface area contributed by atoms with E-state index in [1.807, 2.05) is 13.8 Å². The quantitative estimate of drug-likeness (QED) is 0.839. The minimum absolute atomic E-state index is 0.0528. The van der Waals surface area contributed by atoms with Crippen LogP contribution >= 0.6 is 23.2 Å². The number of hydrogen-bond donors (Lipinski definition) is 0. The molecule has 1 aliphatic rings. The summed E-state index contributed by atoms with van der Waals surface area (Å²) in [6.07, 6.45) is 0. The van der Waals surface area contributed by atoms with Gasteiger partial charge >= 0.3 is 0 Å². The first-order valence-electron chi connectivity index (χ1n) is 6.76. The van der Waals surface area contributed by atoms with Gasteiger partial charge in [0.05, 0.1) is 16.1 Å². The first kappa shape index (κ1) is 16.1. The number of rotatable bonds is 2. The summed E-state index contributed by atoms with van der Waals surface area (Å²) in [5.41, 5.74) is 0.0380. The molecule has 1 aromatic rings. The minimum Gasteiger partial charge on any atom is -0.336 e. The standard InChI is InChI=1S/C15H17Cl2N3O/c1-15(2,10-18)20-7-5-19(6-8-20)14(21)11-3-4-12(16)13(17)9-11/h3-4,9H,5-8H2,1-2H3. The van der Waals surface area contributed by atoms with Crippen LogP contribution in [0.3, 0.4) is 0 Å². The summed E-state index contributed by atoms with van der Waals surface area (Å²) < 4.78 is 0. The number of nitrogens with zero attached hydrogens (tertiary/aromatic N) is 3. The van der Waals surface area contributed by atoms with Gasteiger partial charge in [-0.15, -0.1) is 0 Å². The highest BCUT2D eigenvalue weighted by atomic mass is 35.5. The van der Waals surface area contributed by atoms with Gasteiger partial charge in [0.15, 0.2) is 0 Å². The van der Waals surface area contributed by atoms with Gasteiger partial charge in [0.1, 0.15) is 5.54 Å². The van der Waals surface area contributed by atoms with Crippen molar-refractivity contribution in [1.29, 1.82) is 5.26 Å². The van der Waals surface area contributed by atoms with E-state index in [2.05, 4.69) is 11.0 Å². The number of piperazine rings is 1. The zero-order chi connectivity index (χ0) is 15.6. The fourth-order valence-corrected chi connectivity index (χ4v) is 2.65. The first-order chi connectivity index (χ1) is 9.85. The van der Waals surface area contributed by atoms with Crippen molar-refractivity contribution in [2.24, 2.45) is 0 Å². The van der Waals surface area contributed by atoms with E-state index in [4.69, 9.17) is 28.5 Å². The SMILES string of the molecule is CC(C)(C#N)N1CCN(C(=O)c2ccc(Cl)c(Cl)c2)CC1. The van der Waals surface area contributed by atoms with Gasteiger partial charge in [0.2, 0.25) is 0 Å². The molecule has 0 N–H and O–H groups in total. The van der Waals surface area contributed by atoms with Crippen LogP contribution in [0.4, 0.5) is 0 Å². The maximum Gasteiger partial charge on any atom is 0.253 e. The van der Waals surface area contributed by atoms with Gasteiger partial charge in [-0.1, -0.05) is 23.2 Å².